The van der Waals surface area contributed by atoms with Gasteiger partial charge in [-0.1, -0.05) is 0 Å². The third-order valence-electron chi connectivity index (χ3n) is 0. The van der Waals surface area contributed by atoms with Crippen LogP contribution in [0.15, 0.2) is 0 Å². The van der Waals surface area contributed by atoms with Crippen molar-refractivity contribution in [1.29, 1.82) is 0 Å². The van der Waals surface area contributed by atoms with Gasteiger partial charge in [-0.05, 0) is 0 Å². The molecule has 0 heterocycles. The van der Waals surface area contributed by atoms with Crippen LogP contribution in [0.25, 0.3) is 0 Å². The molecule has 7 heavy (non-hydrogen) atoms. The van der Waals surface area contributed by atoms with Gasteiger partial charge in [0.05, 0.1) is 0 Å². The van der Waals surface area contributed by atoms with Crippen LogP contribution < -0.4 is 0 Å². The van der Waals surface area contributed by atoms with Crippen molar-refractivity contribution in [1.82, 2.24) is 0 Å². The Kier molecular flexibility index (Phi) is 12.6. The summed E-state index contributed by atoms with van der Waals surface area (Å²) in [4.78, 5) is 0. The minimum absolute atomic E-state index is 0. The SMILES string of the molecule is C[C](C)(C)[In].Cl.Cl. The van der Waals surface area contributed by atoms with E-state index in [1.54, 1.807) is 0 Å². The van der Waals surface area contributed by atoms with E-state index in [1.165, 1.54) is 24.4 Å². The number of rotatable bonds is 0. The Morgan fingerprint density at radius 2 is 1.00 bits per heavy atom. The predicted octanol–water partition coefficient (Wildman–Crippen LogP) is 2.22. The zero-order valence-corrected chi connectivity index (χ0v) is 9.82. The molecule has 0 saturated carbocycles. The Hall–Kier alpha value is 1.45. The van der Waals surface area contributed by atoms with Gasteiger partial charge in [0.25, 0.3) is 0 Å². The molecule has 44 valence electrons. The molecule has 0 spiro atoms. The summed E-state index contributed by atoms with van der Waals surface area (Å²) in [7, 11) is 0. The minimum Gasteiger partial charge on any atom is -0.147 e. The maximum atomic E-state index is 2.25. The fourth-order valence-corrected chi connectivity index (χ4v) is 0. The van der Waals surface area contributed by atoms with Crippen molar-refractivity contribution in [3.63, 3.8) is 0 Å². The summed E-state index contributed by atoms with van der Waals surface area (Å²) in [5, 5.41) is 0. The van der Waals surface area contributed by atoms with Gasteiger partial charge in [-0.15, -0.1) is 24.8 Å². The van der Waals surface area contributed by atoms with Crippen LogP contribution in [0.5, 0.6) is 0 Å². The third kappa shape index (κ3) is 105. The van der Waals surface area contributed by atoms with E-state index in [-0.39, 0.29) is 24.8 Å². The molecule has 2 radical (unpaired) electrons. The molecule has 0 aliphatic heterocycles. The molecule has 0 aromatic rings. The average molecular weight is 245 g/mol. The first-order valence-corrected chi connectivity index (χ1v) is 3.44. The van der Waals surface area contributed by atoms with Crippen LogP contribution in [0, 0.1) is 0 Å². The first-order chi connectivity index (χ1) is 2.00. The Bertz CT molecular complexity index is 25.2. The van der Waals surface area contributed by atoms with E-state index in [0.717, 1.165) is 0 Å². The minimum atomic E-state index is 0. The summed E-state index contributed by atoms with van der Waals surface area (Å²) >= 11 is 1.36. The van der Waals surface area contributed by atoms with Crippen LogP contribution >= 0.6 is 24.8 Å². The monoisotopic (exact) mass is 244 g/mol. The van der Waals surface area contributed by atoms with E-state index >= 15 is 0 Å². The maximum Gasteiger partial charge on any atom is -0.147 e. The fourth-order valence-electron chi connectivity index (χ4n) is 0. The Morgan fingerprint density at radius 3 is 1.00 bits per heavy atom. The van der Waals surface area contributed by atoms with Gasteiger partial charge in [0, 0.05) is 0 Å². The summed E-state index contributed by atoms with van der Waals surface area (Å²) < 4.78 is 0.630. The van der Waals surface area contributed by atoms with Gasteiger partial charge in [0.2, 0.25) is 0 Å². The summed E-state index contributed by atoms with van der Waals surface area (Å²) in [6, 6.07) is 0. The van der Waals surface area contributed by atoms with Crippen molar-refractivity contribution in [2.24, 2.45) is 0 Å². The van der Waals surface area contributed by atoms with Crippen LogP contribution in [-0.2, 0) is 0 Å². The quantitative estimate of drug-likeness (QED) is 0.613. The van der Waals surface area contributed by atoms with E-state index in [9.17, 15) is 0 Å². The number of halogens is 2. The van der Waals surface area contributed by atoms with Crippen molar-refractivity contribution < 1.29 is 0 Å². The first-order valence-electron chi connectivity index (χ1n) is 1.79. The molecular weight excluding hydrogens is 234 g/mol. The van der Waals surface area contributed by atoms with Gasteiger partial charge < -0.3 is 0 Å². The van der Waals surface area contributed by atoms with Gasteiger partial charge in [0.15, 0.2) is 0 Å². The van der Waals surface area contributed by atoms with E-state index < -0.39 is 0 Å². The Labute approximate surface area is 72.8 Å². The second-order valence-electron chi connectivity index (χ2n) is 2.37. The second-order valence-corrected chi connectivity index (χ2v) is 7.31. The topological polar surface area (TPSA) is 0 Å². The molecule has 0 amide bonds. The van der Waals surface area contributed by atoms with Crippen LogP contribution in [0.1, 0.15) is 20.8 Å². The molecule has 0 bridgehead atoms. The summed E-state index contributed by atoms with van der Waals surface area (Å²) in [5.74, 6) is 0. The number of hydrogen-bond acceptors (Lipinski definition) is 0. The molecule has 0 N–H and O–H groups in total. The smallest absolute Gasteiger partial charge is 0.147 e. The van der Waals surface area contributed by atoms with E-state index in [4.69, 9.17) is 0 Å². The molecular formula is C4H11Cl2In. The molecule has 0 aliphatic rings. The van der Waals surface area contributed by atoms with E-state index in [2.05, 4.69) is 20.8 Å². The maximum absolute atomic E-state index is 2.25. The van der Waals surface area contributed by atoms with Crippen molar-refractivity contribution in [2.75, 3.05) is 0 Å². The molecule has 0 fully saturated rings. The van der Waals surface area contributed by atoms with Gasteiger partial charge in [0.1, 0.15) is 0 Å². The molecule has 3 heteroatoms. The van der Waals surface area contributed by atoms with Crippen molar-refractivity contribution in [3.05, 3.63) is 0 Å². The summed E-state index contributed by atoms with van der Waals surface area (Å²) in [5.41, 5.74) is 0. The van der Waals surface area contributed by atoms with Crippen LogP contribution in [0.2, 0.25) is 3.17 Å². The molecule has 0 aromatic heterocycles. The molecule has 0 unspecified atom stereocenters. The fraction of sp³-hybridized carbons (Fsp3) is 1.00. The van der Waals surface area contributed by atoms with Gasteiger partial charge >= 0.3 is 48.3 Å². The van der Waals surface area contributed by atoms with Gasteiger partial charge in [-0.2, -0.15) is 0 Å². The molecule has 0 aliphatic carbocycles. The molecule has 0 saturated heterocycles. The second kappa shape index (κ2) is 5.58. The molecule has 0 aromatic carbocycles. The molecule has 0 rings (SSSR count). The zero-order chi connectivity index (χ0) is 4.50. The normalized spacial score (nSPS) is 8.43. The van der Waals surface area contributed by atoms with Crippen molar-refractivity contribution in [3.8, 4) is 0 Å². The summed E-state index contributed by atoms with van der Waals surface area (Å²) in [6.45, 7) is 6.74. The van der Waals surface area contributed by atoms with Crippen LogP contribution in [0.4, 0.5) is 0 Å². The van der Waals surface area contributed by atoms with Crippen LogP contribution in [0.3, 0.4) is 0 Å². The van der Waals surface area contributed by atoms with E-state index in [1.807, 2.05) is 0 Å². The molecule has 0 nitrogen and oxygen atoms in total. The standard InChI is InChI=1S/C4H9.2ClH.In/c1-4(2)3;;;/h1-3H3;2*1H;. The van der Waals surface area contributed by atoms with Crippen molar-refractivity contribution in [2.45, 2.75) is 23.9 Å². The Morgan fingerprint density at radius 1 is 1.00 bits per heavy atom. The van der Waals surface area contributed by atoms with E-state index in [0.29, 0.717) is 3.17 Å². The first kappa shape index (κ1) is 15.8. The number of hydrogen-bond donors (Lipinski definition) is 0. The largest absolute Gasteiger partial charge is 0.147 e. The van der Waals surface area contributed by atoms with Gasteiger partial charge in [-0.25, -0.2) is 0 Å². The average Bonchev–Trinajstić information content (AvgIpc) is 0.722. The third-order valence-corrected chi connectivity index (χ3v) is 0. The van der Waals surface area contributed by atoms with Gasteiger partial charge in [-0.3, -0.25) is 0 Å². The Balaban J connectivity index is -0.0000000800. The van der Waals surface area contributed by atoms with Crippen LogP contribution in [-0.4, -0.2) is 24.4 Å². The van der Waals surface area contributed by atoms with Crippen molar-refractivity contribution >= 4 is 49.2 Å². The predicted molar refractivity (Wildman–Crippen MR) is 40.0 cm³/mol. The zero-order valence-electron chi connectivity index (χ0n) is 4.89. The molecule has 0 atom stereocenters. The summed E-state index contributed by atoms with van der Waals surface area (Å²) in [6.07, 6.45) is 0.